The van der Waals surface area contributed by atoms with E-state index < -0.39 is 16.6 Å². The Labute approximate surface area is 118 Å². The van der Waals surface area contributed by atoms with Gasteiger partial charge in [0.2, 0.25) is 0 Å². The van der Waals surface area contributed by atoms with Gasteiger partial charge >= 0.3 is 5.97 Å². The number of benzene rings is 1. The molecule has 0 saturated carbocycles. The smallest absolute Gasteiger partial charge is 0.345 e. The number of carbonyl (C=O) groups is 1. The minimum atomic E-state index is -0.825. The minimum absolute atomic E-state index is 0.129. The van der Waals surface area contributed by atoms with E-state index in [1.807, 2.05) is 0 Å². The molecule has 8 heteroatoms. The number of hydrogen-bond donors (Lipinski definition) is 0. The molecular weight excluding hydrogens is 288 g/mol. The SMILES string of the molecule is Cc1cc(COC(=O)c2ccc(Cl)cc2[N+](=O)[O-])no1. The number of aryl methyl sites for hydroxylation is 1. The monoisotopic (exact) mass is 296 g/mol. The minimum Gasteiger partial charge on any atom is -0.455 e. The number of nitro benzene ring substituents is 1. The molecule has 0 bridgehead atoms. The maximum absolute atomic E-state index is 11.8. The van der Waals surface area contributed by atoms with Gasteiger partial charge in [-0.3, -0.25) is 10.1 Å². The van der Waals surface area contributed by atoms with Crippen molar-refractivity contribution in [3.63, 3.8) is 0 Å². The Balaban J connectivity index is 2.15. The molecule has 0 atom stereocenters. The van der Waals surface area contributed by atoms with Crippen molar-refractivity contribution in [1.29, 1.82) is 0 Å². The largest absolute Gasteiger partial charge is 0.455 e. The second kappa shape index (κ2) is 5.70. The number of esters is 1. The van der Waals surface area contributed by atoms with Gasteiger partial charge in [0, 0.05) is 17.2 Å². The fourth-order valence-corrected chi connectivity index (χ4v) is 1.70. The zero-order chi connectivity index (χ0) is 14.7. The zero-order valence-corrected chi connectivity index (χ0v) is 11.1. The molecule has 0 unspecified atom stereocenters. The summed E-state index contributed by atoms with van der Waals surface area (Å²) < 4.78 is 9.76. The van der Waals surface area contributed by atoms with E-state index in [2.05, 4.69) is 5.16 Å². The first-order valence-corrected chi connectivity index (χ1v) is 5.88. The molecule has 2 rings (SSSR count). The first-order chi connectivity index (χ1) is 9.47. The number of carbonyl (C=O) groups excluding carboxylic acids is 1. The molecule has 1 aromatic heterocycles. The molecule has 7 nitrogen and oxygen atoms in total. The van der Waals surface area contributed by atoms with Crippen LogP contribution >= 0.6 is 11.6 Å². The molecule has 1 heterocycles. The van der Waals surface area contributed by atoms with Gasteiger partial charge in [0.15, 0.2) is 0 Å². The normalized spacial score (nSPS) is 10.3. The summed E-state index contributed by atoms with van der Waals surface area (Å²) in [4.78, 5) is 22.0. The van der Waals surface area contributed by atoms with Crippen LogP contribution in [0.3, 0.4) is 0 Å². The molecular formula is C12H9ClN2O5. The van der Waals surface area contributed by atoms with Crippen LogP contribution in [0.4, 0.5) is 5.69 Å². The van der Waals surface area contributed by atoms with E-state index in [9.17, 15) is 14.9 Å². The van der Waals surface area contributed by atoms with Crippen molar-refractivity contribution in [1.82, 2.24) is 5.16 Å². The van der Waals surface area contributed by atoms with Crippen LogP contribution in [-0.4, -0.2) is 16.0 Å². The first kappa shape index (κ1) is 14.0. The Morgan fingerprint density at radius 3 is 2.85 bits per heavy atom. The van der Waals surface area contributed by atoms with Crippen molar-refractivity contribution in [3.8, 4) is 0 Å². The van der Waals surface area contributed by atoms with Gasteiger partial charge in [-0.2, -0.15) is 0 Å². The Morgan fingerprint density at radius 2 is 2.25 bits per heavy atom. The van der Waals surface area contributed by atoms with Crippen molar-refractivity contribution in [2.75, 3.05) is 0 Å². The number of rotatable bonds is 4. The summed E-state index contributed by atoms with van der Waals surface area (Å²) in [7, 11) is 0. The van der Waals surface area contributed by atoms with E-state index >= 15 is 0 Å². The topological polar surface area (TPSA) is 95.5 Å². The van der Waals surface area contributed by atoms with Gasteiger partial charge in [0.05, 0.1) is 4.92 Å². The lowest BCUT2D eigenvalue weighted by Crippen LogP contribution is -2.08. The summed E-state index contributed by atoms with van der Waals surface area (Å²) in [5, 5.41) is 14.7. The molecule has 0 aliphatic rings. The van der Waals surface area contributed by atoms with Gasteiger partial charge in [-0.05, 0) is 19.1 Å². The fraction of sp³-hybridized carbons (Fsp3) is 0.167. The maximum Gasteiger partial charge on any atom is 0.345 e. The highest BCUT2D eigenvalue weighted by atomic mass is 35.5. The molecule has 0 spiro atoms. The molecule has 0 saturated heterocycles. The summed E-state index contributed by atoms with van der Waals surface area (Å²) in [6.45, 7) is 1.57. The Hall–Kier alpha value is -2.41. The van der Waals surface area contributed by atoms with Gasteiger partial charge in [-0.1, -0.05) is 16.8 Å². The zero-order valence-electron chi connectivity index (χ0n) is 10.3. The number of nitro groups is 1. The molecule has 20 heavy (non-hydrogen) atoms. The number of ether oxygens (including phenoxy) is 1. The molecule has 0 N–H and O–H groups in total. The summed E-state index contributed by atoms with van der Waals surface area (Å²) >= 11 is 5.66. The average Bonchev–Trinajstić information content (AvgIpc) is 2.81. The van der Waals surface area contributed by atoms with Crippen LogP contribution in [0.5, 0.6) is 0 Å². The molecule has 2 aromatic rings. The molecule has 0 fully saturated rings. The van der Waals surface area contributed by atoms with Crippen molar-refractivity contribution >= 4 is 23.3 Å². The average molecular weight is 297 g/mol. The number of hydrogen-bond acceptors (Lipinski definition) is 6. The van der Waals surface area contributed by atoms with Crippen LogP contribution in [0, 0.1) is 17.0 Å². The standard InChI is InChI=1S/C12H9ClN2O5/c1-7-4-9(14-20-7)6-19-12(16)10-3-2-8(13)5-11(10)15(17)18/h2-5H,6H2,1H3. The summed E-state index contributed by atoms with van der Waals surface area (Å²) in [5.74, 6) is -0.248. The van der Waals surface area contributed by atoms with Crippen molar-refractivity contribution in [3.05, 3.63) is 56.4 Å². The lowest BCUT2D eigenvalue weighted by molar-refractivity contribution is -0.385. The molecule has 0 aliphatic carbocycles. The van der Waals surface area contributed by atoms with Gasteiger partial charge in [0.1, 0.15) is 23.6 Å². The van der Waals surface area contributed by atoms with Crippen LogP contribution in [0.1, 0.15) is 21.8 Å². The number of halogens is 1. The highest BCUT2D eigenvalue weighted by Gasteiger charge is 2.22. The van der Waals surface area contributed by atoms with Gasteiger partial charge in [-0.25, -0.2) is 4.79 Å². The van der Waals surface area contributed by atoms with Crippen LogP contribution in [0.15, 0.2) is 28.8 Å². The molecule has 1 aromatic carbocycles. The summed E-state index contributed by atoms with van der Waals surface area (Å²) in [6.07, 6.45) is 0. The van der Waals surface area contributed by atoms with Crippen LogP contribution in [0.2, 0.25) is 5.02 Å². The lowest BCUT2D eigenvalue weighted by atomic mass is 10.2. The van der Waals surface area contributed by atoms with Gasteiger partial charge in [-0.15, -0.1) is 0 Å². The first-order valence-electron chi connectivity index (χ1n) is 5.50. The summed E-state index contributed by atoms with van der Waals surface area (Å²) in [5.41, 5.74) is -0.147. The Kier molecular flexibility index (Phi) is 3.99. The predicted molar refractivity (Wildman–Crippen MR) is 68.5 cm³/mol. The molecule has 0 amide bonds. The highest BCUT2D eigenvalue weighted by molar-refractivity contribution is 6.31. The fourth-order valence-electron chi connectivity index (χ4n) is 1.53. The lowest BCUT2D eigenvalue weighted by Gasteiger charge is -2.03. The molecule has 0 aliphatic heterocycles. The van der Waals surface area contributed by atoms with E-state index in [0.29, 0.717) is 11.5 Å². The third-order valence-corrected chi connectivity index (χ3v) is 2.64. The third-order valence-electron chi connectivity index (χ3n) is 2.40. The van der Waals surface area contributed by atoms with Crippen LogP contribution in [-0.2, 0) is 11.3 Å². The van der Waals surface area contributed by atoms with E-state index in [1.54, 1.807) is 13.0 Å². The van der Waals surface area contributed by atoms with Gasteiger partial charge in [0.25, 0.3) is 5.69 Å². The Bertz CT molecular complexity index is 668. The van der Waals surface area contributed by atoms with Crippen molar-refractivity contribution in [2.24, 2.45) is 0 Å². The van der Waals surface area contributed by atoms with Crippen LogP contribution < -0.4 is 0 Å². The van der Waals surface area contributed by atoms with E-state index in [1.165, 1.54) is 12.1 Å². The van der Waals surface area contributed by atoms with Crippen molar-refractivity contribution in [2.45, 2.75) is 13.5 Å². The number of nitrogens with zero attached hydrogens (tertiary/aromatic N) is 2. The predicted octanol–water partition coefficient (Wildman–Crippen LogP) is 2.90. The summed E-state index contributed by atoms with van der Waals surface area (Å²) in [6, 6.07) is 5.32. The van der Waals surface area contributed by atoms with E-state index in [4.69, 9.17) is 20.9 Å². The quantitative estimate of drug-likeness (QED) is 0.489. The molecule has 104 valence electrons. The third kappa shape index (κ3) is 3.12. The molecule has 0 radical (unpaired) electrons. The van der Waals surface area contributed by atoms with Crippen LogP contribution in [0.25, 0.3) is 0 Å². The Morgan fingerprint density at radius 1 is 1.50 bits per heavy atom. The number of aromatic nitrogens is 1. The van der Waals surface area contributed by atoms with E-state index in [-0.39, 0.29) is 17.2 Å². The second-order valence-electron chi connectivity index (χ2n) is 3.92. The van der Waals surface area contributed by atoms with Gasteiger partial charge < -0.3 is 9.26 Å². The maximum atomic E-state index is 11.8. The highest BCUT2D eigenvalue weighted by Crippen LogP contribution is 2.24. The second-order valence-corrected chi connectivity index (χ2v) is 4.36. The van der Waals surface area contributed by atoms with Crippen molar-refractivity contribution < 1.29 is 19.0 Å². The van der Waals surface area contributed by atoms with E-state index in [0.717, 1.165) is 6.07 Å².